The Hall–Kier alpha value is -1.14. The second-order valence-corrected chi connectivity index (χ2v) is 4.25. The van der Waals surface area contributed by atoms with Gasteiger partial charge in [0.15, 0.2) is 5.82 Å². The van der Waals surface area contributed by atoms with E-state index in [2.05, 4.69) is 25.4 Å². The number of anilines is 1. The maximum atomic E-state index is 9.35. The first-order valence-corrected chi connectivity index (χ1v) is 5.73. The molecule has 1 atom stereocenters. The van der Waals surface area contributed by atoms with Crippen molar-refractivity contribution in [1.82, 2.24) is 20.5 Å². The highest BCUT2D eigenvalue weighted by atomic mass is 16.3. The Kier molecular flexibility index (Phi) is 3.40. The van der Waals surface area contributed by atoms with Crippen molar-refractivity contribution in [2.45, 2.75) is 31.9 Å². The van der Waals surface area contributed by atoms with Gasteiger partial charge in [-0.15, -0.1) is 5.10 Å². The maximum Gasteiger partial charge on any atom is 0.244 e. The topological polar surface area (TPSA) is 77.1 Å². The van der Waals surface area contributed by atoms with Crippen LogP contribution in [0.2, 0.25) is 0 Å². The summed E-state index contributed by atoms with van der Waals surface area (Å²) in [5.74, 6) is 1.23. The predicted molar refractivity (Wildman–Crippen MR) is 61.3 cm³/mol. The number of aromatic amines is 1. The molecule has 6 heteroatoms. The summed E-state index contributed by atoms with van der Waals surface area (Å²) in [4.78, 5) is 6.42. The van der Waals surface area contributed by atoms with Gasteiger partial charge in [-0.05, 0) is 26.8 Å². The van der Waals surface area contributed by atoms with E-state index in [9.17, 15) is 5.11 Å². The minimum Gasteiger partial charge on any atom is -0.385 e. The van der Waals surface area contributed by atoms with Crippen LogP contribution >= 0.6 is 0 Å². The summed E-state index contributed by atoms with van der Waals surface area (Å²) < 4.78 is 0. The molecular weight excluding hydrogens is 206 g/mol. The molecule has 1 aromatic heterocycles. The highest BCUT2D eigenvalue weighted by Crippen LogP contribution is 2.17. The summed E-state index contributed by atoms with van der Waals surface area (Å²) in [7, 11) is 2.00. The van der Waals surface area contributed by atoms with E-state index in [0.717, 1.165) is 25.9 Å². The van der Waals surface area contributed by atoms with Crippen molar-refractivity contribution in [1.29, 1.82) is 0 Å². The van der Waals surface area contributed by atoms with Crippen LogP contribution in [0.15, 0.2) is 0 Å². The fourth-order valence-corrected chi connectivity index (χ4v) is 1.96. The first-order valence-electron chi connectivity index (χ1n) is 5.73. The van der Waals surface area contributed by atoms with Gasteiger partial charge in [0.2, 0.25) is 5.95 Å². The molecule has 0 radical (unpaired) electrons. The van der Waals surface area contributed by atoms with Crippen LogP contribution < -0.4 is 10.2 Å². The summed E-state index contributed by atoms with van der Waals surface area (Å²) in [6.45, 7) is 3.60. The van der Waals surface area contributed by atoms with Crippen molar-refractivity contribution in [3.8, 4) is 0 Å². The fourth-order valence-electron chi connectivity index (χ4n) is 1.96. The van der Waals surface area contributed by atoms with Crippen LogP contribution in [0.1, 0.15) is 31.7 Å². The SMILES string of the molecule is CNC1CCN(c2n[nH]c(C(C)O)n2)CC1. The smallest absolute Gasteiger partial charge is 0.244 e. The number of rotatable bonds is 3. The van der Waals surface area contributed by atoms with E-state index in [1.807, 2.05) is 7.05 Å². The normalized spacial score (nSPS) is 20.1. The molecule has 0 spiro atoms. The van der Waals surface area contributed by atoms with Crippen LogP contribution in [0.5, 0.6) is 0 Å². The second kappa shape index (κ2) is 4.80. The Morgan fingerprint density at radius 2 is 2.19 bits per heavy atom. The summed E-state index contributed by atoms with van der Waals surface area (Å²) >= 11 is 0. The Morgan fingerprint density at radius 3 is 2.69 bits per heavy atom. The molecule has 3 N–H and O–H groups in total. The molecule has 1 aromatic rings. The molecule has 2 rings (SSSR count). The number of nitrogens with one attached hydrogen (secondary N) is 2. The lowest BCUT2D eigenvalue weighted by atomic mass is 10.1. The Bertz CT molecular complexity index is 330. The quantitative estimate of drug-likeness (QED) is 0.677. The van der Waals surface area contributed by atoms with Crippen molar-refractivity contribution in [3.05, 3.63) is 5.82 Å². The third-order valence-electron chi connectivity index (χ3n) is 3.07. The first-order chi connectivity index (χ1) is 7.70. The first kappa shape index (κ1) is 11.3. The third kappa shape index (κ3) is 2.33. The Morgan fingerprint density at radius 1 is 1.50 bits per heavy atom. The van der Waals surface area contributed by atoms with Gasteiger partial charge in [0.25, 0.3) is 0 Å². The molecule has 0 saturated carbocycles. The van der Waals surface area contributed by atoms with Gasteiger partial charge in [0, 0.05) is 19.1 Å². The van der Waals surface area contributed by atoms with Gasteiger partial charge in [-0.25, -0.2) is 0 Å². The Balaban J connectivity index is 1.97. The van der Waals surface area contributed by atoms with E-state index in [4.69, 9.17) is 0 Å². The average Bonchev–Trinajstić information content (AvgIpc) is 2.78. The minimum atomic E-state index is -0.587. The van der Waals surface area contributed by atoms with Crippen molar-refractivity contribution < 1.29 is 5.11 Å². The minimum absolute atomic E-state index is 0.533. The summed E-state index contributed by atoms with van der Waals surface area (Å²) in [5.41, 5.74) is 0. The van der Waals surface area contributed by atoms with E-state index >= 15 is 0 Å². The van der Waals surface area contributed by atoms with Gasteiger partial charge in [-0.2, -0.15) is 4.98 Å². The van der Waals surface area contributed by atoms with Crippen LogP contribution in [0, 0.1) is 0 Å². The molecular formula is C10H19N5O. The lowest BCUT2D eigenvalue weighted by molar-refractivity contribution is 0.189. The number of aliphatic hydroxyl groups is 1. The molecule has 0 amide bonds. The molecule has 1 unspecified atom stereocenters. The molecule has 0 aliphatic carbocycles. The monoisotopic (exact) mass is 225 g/mol. The van der Waals surface area contributed by atoms with Crippen molar-refractivity contribution >= 4 is 5.95 Å². The van der Waals surface area contributed by atoms with Gasteiger partial charge >= 0.3 is 0 Å². The van der Waals surface area contributed by atoms with Gasteiger partial charge in [0.05, 0.1) is 0 Å². The van der Waals surface area contributed by atoms with E-state index < -0.39 is 6.10 Å². The molecule has 16 heavy (non-hydrogen) atoms. The zero-order valence-corrected chi connectivity index (χ0v) is 9.77. The molecule has 1 aliphatic heterocycles. The zero-order chi connectivity index (χ0) is 11.5. The van der Waals surface area contributed by atoms with Crippen molar-refractivity contribution in [2.24, 2.45) is 0 Å². The molecule has 1 aliphatic rings. The number of hydrogen-bond acceptors (Lipinski definition) is 5. The highest BCUT2D eigenvalue weighted by molar-refractivity contribution is 5.29. The van der Waals surface area contributed by atoms with E-state index in [1.54, 1.807) is 6.92 Å². The number of nitrogens with zero attached hydrogens (tertiary/aromatic N) is 3. The van der Waals surface area contributed by atoms with Crippen molar-refractivity contribution in [3.63, 3.8) is 0 Å². The van der Waals surface area contributed by atoms with E-state index in [1.165, 1.54) is 0 Å². The van der Waals surface area contributed by atoms with Gasteiger partial charge in [0.1, 0.15) is 6.10 Å². The van der Waals surface area contributed by atoms with Gasteiger partial charge in [-0.1, -0.05) is 0 Å². The highest BCUT2D eigenvalue weighted by Gasteiger charge is 2.21. The summed E-state index contributed by atoms with van der Waals surface area (Å²) in [5, 5.41) is 19.5. The summed E-state index contributed by atoms with van der Waals surface area (Å²) in [6, 6.07) is 0.603. The number of aromatic nitrogens is 3. The van der Waals surface area contributed by atoms with Gasteiger partial charge < -0.3 is 15.3 Å². The maximum absolute atomic E-state index is 9.35. The third-order valence-corrected chi connectivity index (χ3v) is 3.07. The predicted octanol–water partition coefficient (Wildman–Crippen LogP) is 0.0462. The molecule has 1 saturated heterocycles. The fraction of sp³-hybridized carbons (Fsp3) is 0.800. The number of aliphatic hydroxyl groups excluding tert-OH is 1. The van der Waals surface area contributed by atoms with Crippen molar-refractivity contribution in [2.75, 3.05) is 25.0 Å². The number of hydrogen-bond donors (Lipinski definition) is 3. The largest absolute Gasteiger partial charge is 0.385 e. The molecule has 2 heterocycles. The molecule has 0 bridgehead atoms. The molecule has 1 fully saturated rings. The lowest BCUT2D eigenvalue weighted by Gasteiger charge is -2.30. The number of H-pyrrole nitrogens is 1. The van der Waals surface area contributed by atoms with Crippen LogP contribution in [0.25, 0.3) is 0 Å². The van der Waals surface area contributed by atoms with E-state index in [0.29, 0.717) is 17.8 Å². The average molecular weight is 225 g/mol. The molecule has 6 nitrogen and oxygen atoms in total. The molecule has 0 aromatic carbocycles. The van der Waals surface area contributed by atoms with Crippen LogP contribution in [-0.2, 0) is 0 Å². The Labute approximate surface area is 95.1 Å². The van der Waals surface area contributed by atoms with Crippen LogP contribution in [0.3, 0.4) is 0 Å². The summed E-state index contributed by atoms with van der Waals surface area (Å²) in [6.07, 6.45) is 1.63. The zero-order valence-electron chi connectivity index (χ0n) is 9.77. The molecule has 90 valence electrons. The van der Waals surface area contributed by atoms with Gasteiger partial charge in [-0.3, -0.25) is 5.10 Å². The van der Waals surface area contributed by atoms with E-state index in [-0.39, 0.29) is 0 Å². The van der Waals surface area contributed by atoms with Crippen LogP contribution in [0.4, 0.5) is 5.95 Å². The number of piperidine rings is 1. The lowest BCUT2D eigenvalue weighted by Crippen LogP contribution is -2.41. The van der Waals surface area contributed by atoms with Crippen LogP contribution in [-0.4, -0.2) is 46.5 Å². The standard InChI is InChI=1S/C10H19N5O/c1-7(16)9-12-10(14-13-9)15-5-3-8(11-2)4-6-15/h7-8,11,16H,3-6H2,1-2H3,(H,12,13,14). The second-order valence-electron chi connectivity index (χ2n) is 4.25.